The molecule has 19 heavy (non-hydrogen) atoms. The Morgan fingerprint density at radius 2 is 2.00 bits per heavy atom. The average Bonchev–Trinajstić information content (AvgIpc) is 2.47. The fourth-order valence-electron chi connectivity index (χ4n) is 2.22. The van der Waals surface area contributed by atoms with Gasteiger partial charge in [0.2, 0.25) is 5.91 Å². The van der Waals surface area contributed by atoms with Crippen molar-refractivity contribution in [3.8, 4) is 6.07 Å². The first-order chi connectivity index (χ1) is 9.24. The summed E-state index contributed by atoms with van der Waals surface area (Å²) in [7, 11) is 0. The van der Waals surface area contributed by atoms with Gasteiger partial charge >= 0.3 is 0 Å². The van der Waals surface area contributed by atoms with Crippen molar-refractivity contribution < 1.29 is 9.53 Å². The molecule has 0 atom stereocenters. The van der Waals surface area contributed by atoms with Crippen LogP contribution in [0, 0.1) is 11.3 Å². The topological polar surface area (TPSA) is 62.1 Å². The monoisotopic (exact) mass is 258 g/mol. The van der Waals surface area contributed by atoms with Crippen LogP contribution in [0.1, 0.15) is 24.8 Å². The number of carbonyl (C=O) groups is 1. The van der Waals surface area contributed by atoms with Crippen molar-refractivity contribution in [3.05, 3.63) is 35.9 Å². The molecule has 1 N–H and O–H groups in total. The highest BCUT2D eigenvalue weighted by Gasteiger charge is 2.33. The quantitative estimate of drug-likeness (QED) is 0.896. The Bertz CT molecular complexity index is 459. The van der Waals surface area contributed by atoms with Crippen molar-refractivity contribution in [3.63, 3.8) is 0 Å². The van der Waals surface area contributed by atoms with Crippen LogP contribution in [0.5, 0.6) is 0 Å². The second-order valence-corrected chi connectivity index (χ2v) is 4.84. The molecule has 0 aliphatic carbocycles. The molecule has 2 rings (SSSR count). The number of nitrogens with one attached hydrogen (secondary N) is 1. The van der Waals surface area contributed by atoms with Crippen molar-refractivity contribution in [2.45, 2.75) is 31.2 Å². The lowest BCUT2D eigenvalue weighted by atomic mass is 9.91. The zero-order valence-corrected chi connectivity index (χ0v) is 10.9. The molecule has 0 aromatic heterocycles. The fraction of sp³-hybridized carbons (Fsp3) is 0.467. The lowest BCUT2D eigenvalue weighted by Gasteiger charge is -2.31. The smallest absolute Gasteiger partial charge is 0.221 e. The highest BCUT2D eigenvalue weighted by Crippen LogP contribution is 2.20. The van der Waals surface area contributed by atoms with E-state index in [1.54, 1.807) is 0 Å². The number of aryl methyl sites for hydroxylation is 1. The van der Waals surface area contributed by atoms with Crippen molar-refractivity contribution in [1.29, 1.82) is 5.26 Å². The van der Waals surface area contributed by atoms with E-state index in [-0.39, 0.29) is 5.91 Å². The molecule has 0 saturated carbocycles. The first kappa shape index (κ1) is 13.6. The predicted molar refractivity (Wildman–Crippen MR) is 71.3 cm³/mol. The van der Waals surface area contributed by atoms with Gasteiger partial charge in [0, 0.05) is 32.5 Å². The van der Waals surface area contributed by atoms with E-state index < -0.39 is 5.54 Å². The number of rotatable bonds is 4. The maximum absolute atomic E-state index is 11.9. The van der Waals surface area contributed by atoms with Gasteiger partial charge in [0.1, 0.15) is 5.54 Å². The molecule has 1 saturated heterocycles. The van der Waals surface area contributed by atoms with Gasteiger partial charge in [0.25, 0.3) is 0 Å². The van der Waals surface area contributed by atoms with Gasteiger partial charge in [0.05, 0.1) is 6.07 Å². The van der Waals surface area contributed by atoms with Crippen LogP contribution >= 0.6 is 0 Å². The third kappa shape index (κ3) is 3.80. The Morgan fingerprint density at radius 1 is 1.32 bits per heavy atom. The maximum atomic E-state index is 11.9. The highest BCUT2D eigenvalue weighted by molar-refractivity contribution is 5.77. The SMILES string of the molecule is N#CC1(NC(=O)CCc2ccccc2)CCOCC1. The summed E-state index contributed by atoms with van der Waals surface area (Å²) < 4.78 is 5.24. The molecule has 0 radical (unpaired) electrons. The average molecular weight is 258 g/mol. The minimum atomic E-state index is -0.730. The Morgan fingerprint density at radius 3 is 2.63 bits per heavy atom. The molecule has 0 unspecified atom stereocenters. The van der Waals surface area contributed by atoms with Crippen LogP contribution < -0.4 is 5.32 Å². The van der Waals surface area contributed by atoms with E-state index in [2.05, 4.69) is 11.4 Å². The van der Waals surface area contributed by atoms with Crippen LogP contribution in [0.4, 0.5) is 0 Å². The lowest BCUT2D eigenvalue weighted by molar-refractivity contribution is -0.123. The van der Waals surface area contributed by atoms with E-state index >= 15 is 0 Å². The maximum Gasteiger partial charge on any atom is 0.221 e. The van der Waals surface area contributed by atoms with E-state index in [0.717, 1.165) is 5.56 Å². The van der Waals surface area contributed by atoms with Crippen LogP contribution in [-0.2, 0) is 16.0 Å². The molecule has 0 bridgehead atoms. The number of nitrogens with zero attached hydrogens (tertiary/aromatic N) is 1. The summed E-state index contributed by atoms with van der Waals surface area (Å²) in [5.41, 5.74) is 0.405. The summed E-state index contributed by atoms with van der Waals surface area (Å²) in [6, 6.07) is 12.1. The van der Waals surface area contributed by atoms with Gasteiger partial charge in [-0.1, -0.05) is 30.3 Å². The van der Waals surface area contributed by atoms with Gasteiger partial charge in [-0.3, -0.25) is 4.79 Å². The van der Waals surface area contributed by atoms with Crippen molar-refractivity contribution in [2.75, 3.05) is 13.2 Å². The molecular weight excluding hydrogens is 240 g/mol. The zero-order valence-electron chi connectivity index (χ0n) is 10.9. The zero-order chi connectivity index (χ0) is 13.6. The lowest BCUT2D eigenvalue weighted by Crippen LogP contribution is -2.51. The summed E-state index contributed by atoms with van der Waals surface area (Å²) in [5, 5.41) is 12.1. The van der Waals surface area contributed by atoms with E-state index in [1.165, 1.54) is 0 Å². The fourth-order valence-corrected chi connectivity index (χ4v) is 2.22. The Kier molecular flexibility index (Phi) is 4.53. The molecule has 1 heterocycles. The highest BCUT2D eigenvalue weighted by atomic mass is 16.5. The van der Waals surface area contributed by atoms with Gasteiger partial charge in [-0.25, -0.2) is 0 Å². The standard InChI is InChI=1S/C15H18N2O2/c16-12-15(8-10-19-11-9-15)17-14(18)7-6-13-4-2-1-3-5-13/h1-5H,6-11H2,(H,17,18). The molecule has 4 heteroatoms. The van der Waals surface area contributed by atoms with Crippen LogP contribution in [0.15, 0.2) is 30.3 Å². The number of amides is 1. The van der Waals surface area contributed by atoms with Crippen LogP contribution in [-0.4, -0.2) is 24.7 Å². The number of benzene rings is 1. The minimum absolute atomic E-state index is 0.0627. The van der Waals surface area contributed by atoms with Crippen molar-refractivity contribution in [1.82, 2.24) is 5.32 Å². The second kappa shape index (κ2) is 6.35. The third-order valence-electron chi connectivity index (χ3n) is 3.42. The number of carbonyl (C=O) groups excluding carboxylic acids is 1. The summed E-state index contributed by atoms with van der Waals surface area (Å²) in [6.45, 7) is 1.07. The molecule has 100 valence electrons. The molecule has 1 amide bonds. The second-order valence-electron chi connectivity index (χ2n) is 4.84. The molecule has 0 spiro atoms. The first-order valence-corrected chi connectivity index (χ1v) is 6.58. The summed E-state index contributed by atoms with van der Waals surface area (Å²) >= 11 is 0. The molecule has 1 aromatic carbocycles. The van der Waals surface area contributed by atoms with Gasteiger partial charge < -0.3 is 10.1 Å². The molecule has 1 fully saturated rings. The molecule has 1 aliphatic rings. The van der Waals surface area contributed by atoms with Crippen molar-refractivity contribution >= 4 is 5.91 Å². The molecule has 1 aliphatic heterocycles. The van der Waals surface area contributed by atoms with Crippen LogP contribution in [0.2, 0.25) is 0 Å². The van der Waals surface area contributed by atoms with E-state index in [0.29, 0.717) is 38.9 Å². The van der Waals surface area contributed by atoms with Crippen molar-refractivity contribution in [2.24, 2.45) is 0 Å². The van der Waals surface area contributed by atoms with Crippen LogP contribution in [0.3, 0.4) is 0 Å². The number of nitriles is 1. The largest absolute Gasteiger partial charge is 0.381 e. The van der Waals surface area contributed by atoms with Gasteiger partial charge in [0.15, 0.2) is 0 Å². The normalized spacial score (nSPS) is 17.4. The van der Waals surface area contributed by atoms with E-state index in [9.17, 15) is 10.1 Å². The Balaban J connectivity index is 1.85. The van der Waals surface area contributed by atoms with Gasteiger partial charge in [-0.15, -0.1) is 0 Å². The number of hydrogen-bond acceptors (Lipinski definition) is 3. The summed E-state index contributed by atoms with van der Waals surface area (Å²) in [4.78, 5) is 11.9. The van der Waals surface area contributed by atoms with Gasteiger partial charge in [-0.2, -0.15) is 5.26 Å². The van der Waals surface area contributed by atoms with Gasteiger partial charge in [-0.05, 0) is 12.0 Å². The number of hydrogen-bond donors (Lipinski definition) is 1. The van der Waals surface area contributed by atoms with E-state index in [4.69, 9.17) is 4.74 Å². The first-order valence-electron chi connectivity index (χ1n) is 6.58. The summed E-state index contributed by atoms with van der Waals surface area (Å²) in [6.07, 6.45) is 2.25. The summed E-state index contributed by atoms with van der Waals surface area (Å²) in [5.74, 6) is -0.0627. The molecule has 1 aromatic rings. The molecule has 4 nitrogen and oxygen atoms in total. The molecular formula is C15H18N2O2. The third-order valence-corrected chi connectivity index (χ3v) is 3.42. The van der Waals surface area contributed by atoms with E-state index in [1.807, 2.05) is 30.3 Å². The Labute approximate surface area is 113 Å². The Hall–Kier alpha value is -1.86. The van der Waals surface area contributed by atoms with Crippen LogP contribution in [0.25, 0.3) is 0 Å². The predicted octanol–water partition coefficient (Wildman–Crippen LogP) is 1.81. The number of ether oxygens (including phenoxy) is 1. The minimum Gasteiger partial charge on any atom is -0.381 e.